The zero-order valence-electron chi connectivity index (χ0n) is 41.3. The molecule has 0 heterocycles. The molecule has 0 aromatic heterocycles. The summed E-state index contributed by atoms with van der Waals surface area (Å²) in [5, 5.41) is 0. The first-order valence-corrected chi connectivity index (χ1v) is 26.4. The summed E-state index contributed by atoms with van der Waals surface area (Å²) in [7, 11) is 0. The van der Waals surface area contributed by atoms with E-state index in [0.29, 0.717) is 19.3 Å². The van der Waals surface area contributed by atoms with Crippen LogP contribution in [0.15, 0.2) is 72.9 Å². The lowest BCUT2D eigenvalue weighted by Gasteiger charge is -2.18. The van der Waals surface area contributed by atoms with E-state index in [1.165, 1.54) is 116 Å². The Morgan fingerprint density at radius 3 is 0.968 bits per heavy atom. The molecule has 0 amide bonds. The van der Waals surface area contributed by atoms with Crippen molar-refractivity contribution in [2.75, 3.05) is 13.2 Å². The first kappa shape index (κ1) is 59.9. The van der Waals surface area contributed by atoms with Crippen LogP contribution in [0.1, 0.15) is 252 Å². The number of allylic oxidation sites excluding steroid dienone is 12. The lowest BCUT2D eigenvalue weighted by molar-refractivity contribution is -0.167. The minimum Gasteiger partial charge on any atom is -0.462 e. The summed E-state index contributed by atoms with van der Waals surface area (Å²) >= 11 is 0. The second kappa shape index (κ2) is 51.5. The van der Waals surface area contributed by atoms with Gasteiger partial charge in [0.1, 0.15) is 13.2 Å². The number of carbonyl (C=O) groups is 3. The van der Waals surface area contributed by atoms with Crippen molar-refractivity contribution in [2.24, 2.45) is 0 Å². The summed E-state index contributed by atoms with van der Waals surface area (Å²) in [6.07, 6.45) is 64.6. The fourth-order valence-electron chi connectivity index (χ4n) is 7.27. The minimum absolute atomic E-state index is 0.0861. The van der Waals surface area contributed by atoms with Crippen LogP contribution in [0.4, 0.5) is 0 Å². The third kappa shape index (κ3) is 49.7. The van der Waals surface area contributed by atoms with Gasteiger partial charge in [0.25, 0.3) is 0 Å². The molecule has 0 aromatic rings. The van der Waals surface area contributed by atoms with Gasteiger partial charge in [-0.1, -0.05) is 235 Å². The maximum atomic E-state index is 12.8. The average Bonchev–Trinajstić information content (AvgIpc) is 3.28. The average molecular weight is 879 g/mol. The van der Waals surface area contributed by atoms with Crippen LogP contribution >= 0.6 is 0 Å². The molecule has 0 aliphatic heterocycles. The van der Waals surface area contributed by atoms with E-state index in [-0.39, 0.29) is 31.1 Å². The quantitative estimate of drug-likeness (QED) is 0.0262. The van der Waals surface area contributed by atoms with Crippen molar-refractivity contribution in [3.05, 3.63) is 72.9 Å². The number of rotatable bonds is 47. The van der Waals surface area contributed by atoms with Crippen LogP contribution in [0, 0.1) is 0 Å². The largest absolute Gasteiger partial charge is 0.462 e. The van der Waals surface area contributed by atoms with Gasteiger partial charge in [0, 0.05) is 19.3 Å². The molecule has 362 valence electrons. The van der Waals surface area contributed by atoms with Gasteiger partial charge in [0.15, 0.2) is 6.10 Å². The number of carbonyl (C=O) groups excluding carboxylic acids is 3. The third-order valence-corrected chi connectivity index (χ3v) is 11.2. The molecule has 1 unspecified atom stereocenters. The summed E-state index contributed by atoms with van der Waals surface area (Å²) in [5.41, 5.74) is 0. The topological polar surface area (TPSA) is 78.9 Å². The molecule has 63 heavy (non-hydrogen) atoms. The number of esters is 3. The first-order chi connectivity index (χ1) is 31.0. The Balaban J connectivity index is 4.41. The van der Waals surface area contributed by atoms with Crippen molar-refractivity contribution < 1.29 is 28.6 Å². The maximum Gasteiger partial charge on any atom is 0.306 e. The van der Waals surface area contributed by atoms with E-state index in [0.717, 1.165) is 96.3 Å². The Labute approximate surface area is 389 Å². The zero-order chi connectivity index (χ0) is 45.8. The molecule has 0 bridgehead atoms. The van der Waals surface area contributed by atoms with Crippen molar-refractivity contribution >= 4 is 17.9 Å². The zero-order valence-corrected chi connectivity index (χ0v) is 41.3. The van der Waals surface area contributed by atoms with Crippen molar-refractivity contribution in [1.82, 2.24) is 0 Å². The van der Waals surface area contributed by atoms with Gasteiger partial charge in [-0.2, -0.15) is 0 Å². The molecule has 0 aromatic carbocycles. The van der Waals surface area contributed by atoms with E-state index in [1.54, 1.807) is 0 Å². The minimum atomic E-state index is -0.788. The predicted molar refractivity (Wildman–Crippen MR) is 270 cm³/mol. The Bertz CT molecular complexity index is 1190. The molecule has 0 rings (SSSR count). The summed E-state index contributed by atoms with van der Waals surface area (Å²) in [6, 6.07) is 0. The lowest BCUT2D eigenvalue weighted by Crippen LogP contribution is -2.30. The molecule has 1 atom stereocenters. The van der Waals surface area contributed by atoms with Gasteiger partial charge in [-0.15, -0.1) is 0 Å². The highest BCUT2D eigenvalue weighted by Crippen LogP contribution is 2.15. The fourth-order valence-corrected chi connectivity index (χ4v) is 7.27. The molecule has 6 heteroatoms. The Morgan fingerprint density at radius 1 is 0.333 bits per heavy atom. The van der Waals surface area contributed by atoms with Crippen molar-refractivity contribution in [3.8, 4) is 0 Å². The highest BCUT2D eigenvalue weighted by Gasteiger charge is 2.19. The summed E-state index contributed by atoms with van der Waals surface area (Å²) in [6.45, 7) is 6.49. The monoisotopic (exact) mass is 879 g/mol. The van der Waals surface area contributed by atoms with Crippen LogP contribution in [0.3, 0.4) is 0 Å². The van der Waals surface area contributed by atoms with Crippen LogP contribution < -0.4 is 0 Å². The van der Waals surface area contributed by atoms with Crippen molar-refractivity contribution in [1.29, 1.82) is 0 Å². The van der Waals surface area contributed by atoms with E-state index in [9.17, 15) is 14.4 Å². The van der Waals surface area contributed by atoms with Crippen LogP contribution in [-0.4, -0.2) is 37.2 Å². The van der Waals surface area contributed by atoms with E-state index >= 15 is 0 Å². The van der Waals surface area contributed by atoms with Crippen LogP contribution in [-0.2, 0) is 28.6 Å². The molecule has 0 saturated carbocycles. The number of hydrogen-bond donors (Lipinski definition) is 0. The number of ether oxygens (including phenoxy) is 3. The van der Waals surface area contributed by atoms with Gasteiger partial charge in [-0.3, -0.25) is 14.4 Å². The second-order valence-corrected chi connectivity index (χ2v) is 17.4. The van der Waals surface area contributed by atoms with Crippen LogP contribution in [0.2, 0.25) is 0 Å². The van der Waals surface area contributed by atoms with Gasteiger partial charge in [-0.25, -0.2) is 0 Å². The Morgan fingerprint density at radius 2 is 0.619 bits per heavy atom. The smallest absolute Gasteiger partial charge is 0.306 e. The molecular weight excluding hydrogens is 781 g/mol. The predicted octanol–water partition coefficient (Wildman–Crippen LogP) is 17.4. The van der Waals surface area contributed by atoms with Crippen molar-refractivity contribution in [3.63, 3.8) is 0 Å². The maximum absolute atomic E-state index is 12.8. The molecule has 0 radical (unpaired) electrons. The standard InChI is InChI=1S/C57H98O6/c1-4-7-10-13-16-19-22-25-26-27-28-29-30-31-32-33-36-38-41-44-47-50-56(59)62-53-54(63-57(60)51-48-45-42-39-35-24-21-18-15-12-9-6-3)52-61-55(58)49-46-43-40-37-34-23-20-17-14-11-8-5-2/h7,10,16,19,25-26,28-29,31-32,36,38,54H,4-6,8-9,11-15,17-18,20-24,27,30,33-35,37,39-53H2,1-3H3/b10-7-,19-16-,26-25-,29-28-,32-31-,38-36-. The normalized spacial score (nSPS) is 12.6. The van der Waals surface area contributed by atoms with Crippen LogP contribution in [0.25, 0.3) is 0 Å². The van der Waals surface area contributed by atoms with Crippen LogP contribution in [0.5, 0.6) is 0 Å². The van der Waals surface area contributed by atoms with E-state index in [1.807, 2.05) is 0 Å². The number of unbranched alkanes of at least 4 members (excludes halogenated alkanes) is 24. The molecule has 0 spiro atoms. The molecular formula is C57H98O6. The molecule has 0 aliphatic carbocycles. The number of hydrogen-bond acceptors (Lipinski definition) is 6. The van der Waals surface area contributed by atoms with Gasteiger partial charge in [0.2, 0.25) is 0 Å². The molecule has 0 saturated heterocycles. The SMILES string of the molecule is CC/C=C\C/C=C\C/C=C\C/C=C\C/C=C\C/C=C\CCCCC(=O)OCC(COC(=O)CCCCCCCCCCCCCC)OC(=O)CCCCCCCCCCCCCC. The van der Waals surface area contributed by atoms with Gasteiger partial charge in [0.05, 0.1) is 0 Å². The Kier molecular flexibility index (Phi) is 48.9. The Hall–Kier alpha value is -3.15. The summed E-state index contributed by atoms with van der Waals surface area (Å²) in [4.78, 5) is 37.9. The van der Waals surface area contributed by atoms with E-state index < -0.39 is 6.10 Å². The first-order valence-electron chi connectivity index (χ1n) is 26.4. The second-order valence-electron chi connectivity index (χ2n) is 17.4. The fraction of sp³-hybridized carbons (Fsp3) is 0.737. The highest BCUT2D eigenvalue weighted by atomic mass is 16.6. The lowest BCUT2D eigenvalue weighted by atomic mass is 10.0. The summed E-state index contributed by atoms with van der Waals surface area (Å²) in [5.74, 6) is -0.927. The molecule has 0 aliphatic rings. The van der Waals surface area contributed by atoms with Gasteiger partial charge in [-0.05, 0) is 70.6 Å². The third-order valence-electron chi connectivity index (χ3n) is 11.2. The van der Waals surface area contributed by atoms with E-state index in [2.05, 4.69) is 93.7 Å². The molecule has 0 N–H and O–H groups in total. The summed E-state index contributed by atoms with van der Waals surface area (Å²) < 4.78 is 16.8. The van der Waals surface area contributed by atoms with Gasteiger partial charge < -0.3 is 14.2 Å². The van der Waals surface area contributed by atoms with Gasteiger partial charge >= 0.3 is 17.9 Å². The highest BCUT2D eigenvalue weighted by molar-refractivity contribution is 5.71. The molecule has 0 fully saturated rings. The molecule has 6 nitrogen and oxygen atoms in total. The van der Waals surface area contributed by atoms with Crippen molar-refractivity contribution in [2.45, 2.75) is 258 Å². The van der Waals surface area contributed by atoms with E-state index in [4.69, 9.17) is 14.2 Å².